The van der Waals surface area contributed by atoms with Gasteiger partial charge in [-0.2, -0.15) is 0 Å². The number of nitrogens with one attached hydrogen (secondary N) is 1. The topological polar surface area (TPSA) is 115 Å². The van der Waals surface area contributed by atoms with E-state index < -0.39 is 27.1 Å². The van der Waals surface area contributed by atoms with Crippen LogP contribution in [0.15, 0.2) is 18.2 Å². The third kappa shape index (κ3) is 4.51. The molecule has 1 aromatic carbocycles. The maximum absolute atomic E-state index is 11.6. The van der Waals surface area contributed by atoms with Crippen molar-refractivity contribution in [2.24, 2.45) is 0 Å². The Morgan fingerprint density at radius 1 is 1.16 bits per heavy atom. The Labute approximate surface area is 114 Å². The van der Waals surface area contributed by atoms with Crippen molar-refractivity contribution >= 4 is 29.7 Å². The summed E-state index contributed by atoms with van der Waals surface area (Å²) in [5.74, 6) is -0.566. The Balaban J connectivity index is 0.00000324. The summed E-state index contributed by atoms with van der Waals surface area (Å²) in [6.07, 6.45) is 0.697. The normalized spacial score (nSPS) is 9.32. The van der Waals surface area contributed by atoms with Crippen LogP contribution in [-0.2, 0) is 0 Å². The largest absolute Gasteiger partial charge is 0.352 e. The number of hydrogen-bond donors (Lipinski definition) is 1. The molecule has 1 N–H and O–H groups in total. The zero-order chi connectivity index (χ0) is 13.7. The van der Waals surface area contributed by atoms with E-state index in [0.717, 1.165) is 18.2 Å². The van der Waals surface area contributed by atoms with Gasteiger partial charge in [-0.15, -0.1) is 12.4 Å². The van der Waals surface area contributed by atoms with E-state index in [1.807, 2.05) is 6.92 Å². The molecule has 0 saturated heterocycles. The van der Waals surface area contributed by atoms with Crippen LogP contribution in [0.3, 0.4) is 0 Å². The second kappa shape index (κ2) is 7.27. The van der Waals surface area contributed by atoms with Crippen molar-refractivity contribution in [2.45, 2.75) is 13.3 Å². The van der Waals surface area contributed by atoms with Crippen molar-refractivity contribution < 1.29 is 14.6 Å². The van der Waals surface area contributed by atoms with Crippen molar-refractivity contribution in [2.75, 3.05) is 6.54 Å². The molecule has 1 rings (SSSR count). The molecule has 104 valence electrons. The molecule has 0 bridgehead atoms. The molecule has 1 amide bonds. The molecular formula is C10H12ClN3O5. The van der Waals surface area contributed by atoms with Gasteiger partial charge in [0.15, 0.2) is 0 Å². The smallest absolute Gasteiger partial charge is 0.277 e. The van der Waals surface area contributed by atoms with Crippen molar-refractivity contribution in [1.29, 1.82) is 0 Å². The van der Waals surface area contributed by atoms with E-state index >= 15 is 0 Å². The highest BCUT2D eigenvalue weighted by molar-refractivity contribution is 5.95. The summed E-state index contributed by atoms with van der Waals surface area (Å²) >= 11 is 0. The van der Waals surface area contributed by atoms with Crippen LogP contribution in [0, 0.1) is 20.2 Å². The molecule has 0 aromatic heterocycles. The van der Waals surface area contributed by atoms with Crippen molar-refractivity contribution in [3.8, 4) is 0 Å². The molecule has 0 unspecified atom stereocenters. The fourth-order valence-electron chi connectivity index (χ4n) is 1.28. The van der Waals surface area contributed by atoms with Gasteiger partial charge in [0, 0.05) is 18.7 Å². The zero-order valence-corrected chi connectivity index (χ0v) is 10.8. The number of hydrogen-bond acceptors (Lipinski definition) is 5. The average Bonchev–Trinajstić information content (AvgIpc) is 2.35. The molecule has 9 heteroatoms. The minimum atomic E-state index is -0.774. The van der Waals surface area contributed by atoms with Gasteiger partial charge in [-0.05, 0) is 6.42 Å². The first-order valence-corrected chi connectivity index (χ1v) is 5.17. The molecule has 0 aliphatic carbocycles. The van der Waals surface area contributed by atoms with Crippen molar-refractivity contribution in [3.05, 3.63) is 44.0 Å². The maximum atomic E-state index is 11.6. The van der Waals surface area contributed by atoms with Crippen LogP contribution in [-0.4, -0.2) is 22.3 Å². The number of carbonyl (C=O) groups is 1. The SMILES string of the molecule is CCCNC(=O)c1cc([N+](=O)[O-])cc([N+](=O)[O-])c1.Cl. The summed E-state index contributed by atoms with van der Waals surface area (Å²) in [4.78, 5) is 31.3. The number of halogens is 1. The highest BCUT2D eigenvalue weighted by Gasteiger charge is 2.19. The van der Waals surface area contributed by atoms with Crippen LogP contribution in [0.4, 0.5) is 11.4 Å². The number of nitrogens with zero attached hydrogens (tertiary/aromatic N) is 2. The molecule has 0 aliphatic heterocycles. The Morgan fingerprint density at radius 2 is 1.63 bits per heavy atom. The predicted molar refractivity (Wildman–Crippen MR) is 69.6 cm³/mol. The van der Waals surface area contributed by atoms with Crippen molar-refractivity contribution in [1.82, 2.24) is 5.32 Å². The van der Waals surface area contributed by atoms with E-state index in [1.165, 1.54) is 0 Å². The second-order valence-electron chi connectivity index (χ2n) is 3.51. The van der Waals surface area contributed by atoms with Gasteiger partial charge in [0.05, 0.1) is 21.5 Å². The van der Waals surface area contributed by atoms with Gasteiger partial charge < -0.3 is 5.32 Å². The van der Waals surface area contributed by atoms with Crippen LogP contribution < -0.4 is 5.32 Å². The number of non-ortho nitro benzene ring substituents is 2. The molecule has 0 atom stereocenters. The van der Waals surface area contributed by atoms with Gasteiger partial charge in [0.2, 0.25) is 0 Å². The van der Waals surface area contributed by atoms with Gasteiger partial charge >= 0.3 is 0 Å². The minimum absolute atomic E-state index is 0. The van der Waals surface area contributed by atoms with Crippen LogP contribution in [0.2, 0.25) is 0 Å². The summed E-state index contributed by atoms with van der Waals surface area (Å²) in [5.41, 5.74) is -1.05. The molecule has 0 radical (unpaired) electrons. The lowest BCUT2D eigenvalue weighted by Gasteiger charge is -2.03. The zero-order valence-electron chi connectivity index (χ0n) is 9.99. The van der Waals surface area contributed by atoms with E-state index in [-0.39, 0.29) is 18.0 Å². The predicted octanol–water partition coefficient (Wildman–Crippen LogP) is 2.06. The van der Waals surface area contributed by atoms with E-state index in [1.54, 1.807) is 0 Å². The lowest BCUT2D eigenvalue weighted by atomic mass is 10.1. The van der Waals surface area contributed by atoms with Gasteiger partial charge in [0.25, 0.3) is 17.3 Å². The fourth-order valence-corrected chi connectivity index (χ4v) is 1.28. The van der Waals surface area contributed by atoms with E-state index in [2.05, 4.69) is 5.32 Å². The maximum Gasteiger partial charge on any atom is 0.277 e. The molecule has 0 aliphatic rings. The van der Waals surface area contributed by atoms with Crippen LogP contribution in [0.1, 0.15) is 23.7 Å². The average molecular weight is 290 g/mol. The van der Waals surface area contributed by atoms with Gasteiger partial charge in [0.1, 0.15) is 0 Å². The number of carbonyl (C=O) groups excluding carboxylic acids is 1. The summed E-state index contributed by atoms with van der Waals surface area (Å²) in [6.45, 7) is 2.24. The molecule has 8 nitrogen and oxygen atoms in total. The number of amides is 1. The summed E-state index contributed by atoms with van der Waals surface area (Å²) in [7, 11) is 0. The number of nitro benzene ring substituents is 2. The van der Waals surface area contributed by atoms with Crippen molar-refractivity contribution in [3.63, 3.8) is 0 Å². The number of rotatable bonds is 5. The Kier molecular flexibility index (Phi) is 6.42. The summed E-state index contributed by atoms with van der Waals surface area (Å²) in [5, 5.41) is 23.7. The lowest BCUT2D eigenvalue weighted by molar-refractivity contribution is -0.394. The van der Waals surface area contributed by atoms with E-state index in [4.69, 9.17) is 0 Å². The first kappa shape index (κ1) is 16.8. The van der Waals surface area contributed by atoms with E-state index in [9.17, 15) is 25.0 Å². The highest BCUT2D eigenvalue weighted by Crippen LogP contribution is 2.22. The molecular weight excluding hydrogens is 278 g/mol. The Hall–Kier alpha value is -2.22. The molecule has 19 heavy (non-hydrogen) atoms. The molecule has 0 fully saturated rings. The quantitative estimate of drug-likeness (QED) is 0.658. The highest BCUT2D eigenvalue weighted by atomic mass is 35.5. The lowest BCUT2D eigenvalue weighted by Crippen LogP contribution is -2.24. The van der Waals surface area contributed by atoms with Crippen LogP contribution in [0.25, 0.3) is 0 Å². The Bertz CT molecular complexity index is 474. The van der Waals surface area contributed by atoms with Crippen LogP contribution >= 0.6 is 12.4 Å². The summed E-state index contributed by atoms with van der Waals surface area (Å²) in [6, 6.07) is 2.84. The number of benzene rings is 1. The second-order valence-corrected chi connectivity index (χ2v) is 3.51. The van der Waals surface area contributed by atoms with Gasteiger partial charge in [-0.1, -0.05) is 6.92 Å². The Morgan fingerprint density at radius 3 is 2.00 bits per heavy atom. The molecule has 0 spiro atoms. The standard InChI is InChI=1S/C10H11N3O5.ClH/c1-2-3-11-10(14)7-4-8(12(15)16)6-9(5-7)13(17)18;/h4-6H,2-3H2,1H3,(H,11,14);1H. The molecule has 0 saturated carbocycles. The third-order valence-corrected chi connectivity index (χ3v) is 2.12. The fraction of sp³-hybridized carbons (Fsp3) is 0.300. The first-order valence-electron chi connectivity index (χ1n) is 5.17. The minimum Gasteiger partial charge on any atom is -0.352 e. The third-order valence-electron chi connectivity index (χ3n) is 2.12. The van der Waals surface area contributed by atoms with Gasteiger partial charge in [-0.3, -0.25) is 25.0 Å². The van der Waals surface area contributed by atoms with Gasteiger partial charge in [-0.25, -0.2) is 0 Å². The summed E-state index contributed by atoms with van der Waals surface area (Å²) < 4.78 is 0. The number of nitro groups is 2. The van der Waals surface area contributed by atoms with Crippen LogP contribution in [0.5, 0.6) is 0 Å². The van der Waals surface area contributed by atoms with E-state index in [0.29, 0.717) is 13.0 Å². The monoisotopic (exact) mass is 289 g/mol. The molecule has 1 aromatic rings. The first-order chi connectivity index (χ1) is 8.45. The molecule has 0 heterocycles.